The Morgan fingerprint density at radius 2 is 1.79 bits per heavy atom. The van der Waals surface area contributed by atoms with E-state index in [9.17, 15) is 4.79 Å². The lowest BCUT2D eigenvalue weighted by Gasteiger charge is -2.22. The van der Waals surface area contributed by atoms with Crippen LogP contribution in [0.15, 0.2) is 48.5 Å². The van der Waals surface area contributed by atoms with E-state index in [0.29, 0.717) is 6.61 Å². The van der Waals surface area contributed by atoms with Gasteiger partial charge < -0.3 is 10.1 Å². The molecule has 0 heterocycles. The van der Waals surface area contributed by atoms with Gasteiger partial charge in [-0.1, -0.05) is 67.8 Å². The van der Waals surface area contributed by atoms with Gasteiger partial charge in [-0.2, -0.15) is 0 Å². The molecule has 1 aliphatic rings. The van der Waals surface area contributed by atoms with Crippen molar-refractivity contribution < 1.29 is 9.53 Å². The van der Waals surface area contributed by atoms with Gasteiger partial charge in [0.15, 0.2) is 0 Å². The van der Waals surface area contributed by atoms with Gasteiger partial charge in [0, 0.05) is 6.04 Å². The summed E-state index contributed by atoms with van der Waals surface area (Å²) in [7, 11) is 0. The zero-order valence-corrected chi connectivity index (χ0v) is 14.3. The minimum atomic E-state index is -0.300. The summed E-state index contributed by atoms with van der Waals surface area (Å²) in [5.41, 5.74) is 4.58. The predicted molar refractivity (Wildman–Crippen MR) is 96.8 cm³/mol. The molecule has 0 aliphatic heterocycles. The molecule has 3 nitrogen and oxygen atoms in total. The van der Waals surface area contributed by atoms with E-state index in [-0.39, 0.29) is 12.1 Å². The van der Waals surface area contributed by atoms with Crippen LogP contribution in [0.5, 0.6) is 0 Å². The first-order chi connectivity index (χ1) is 11.7. The van der Waals surface area contributed by atoms with Crippen molar-refractivity contribution in [1.82, 2.24) is 5.32 Å². The van der Waals surface area contributed by atoms with E-state index in [1.54, 1.807) is 0 Å². The van der Waals surface area contributed by atoms with Crippen molar-refractivity contribution in [1.29, 1.82) is 0 Å². The quantitative estimate of drug-likeness (QED) is 0.837. The summed E-state index contributed by atoms with van der Waals surface area (Å²) >= 11 is 0. The van der Waals surface area contributed by atoms with Crippen LogP contribution in [0.3, 0.4) is 0 Å². The minimum Gasteiger partial charge on any atom is -0.445 e. The number of carbonyl (C=O) groups is 1. The number of rotatable bonds is 4. The van der Waals surface area contributed by atoms with Gasteiger partial charge in [0.05, 0.1) is 0 Å². The number of amides is 1. The molecule has 0 spiro atoms. The molecule has 0 atom stereocenters. The molecule has 0 radical (unpaired) electrons. The maximum atomic E-state index is 12.0. The number of hydrogen-bond donors (Lipinski definition) is 1. The number of benzene rings is 2. The third-order valence-corrected chi connectivity index (χ3v) is 4.82. The minimum absolute atomic E-state index is 0.281. The van der Waals surface area contributed by atoms with Crippen molar-refractivity contribution in [3.63, 3.8) is 0 Å². The SMILES string of the molecule is Cc1c(COC(=O)NC2CCCCC2)cccc1-c1ccccc1. The number of hydrogen-bond acceptors (Lipinski definition) is 2. The molecule has 0 aromatic heterocycles. The molecule has 126 valence electrons. The Labute approximate surface area is 144 Å². The molecule has 2 aromatic carbocycles. The molecule has 24 heavy (non-hydrogen) atoms. The van der Waals surface area contributed by atoms with Crippen molar-refractivity contribution in [3.8, 4) is 11.1 Å². The topological polar surface area (TPSA) is 38.3 Å². The largest absolute Gasteiger partial charge is 0.445 e. The molecular formula is C21H25NO2. The van der Waals surface area contributed by atoms with Crippen LogP contribution in [0.25, 0.3) is 11.1 Å². The molecule has 0 saturated heterocycles. The van der Waals surface area contributed by atoms with Gasteiger partial charge in [-0.15, -0.1) is 0 Å². The Morgan fingerprint density at radius 1 is 1.04 bits per heavy atom. The predicted octanol–water partition coefficient (Wildman–Crippen LogP) is 5.22. The molecule has 1 fully saturated rings. The van der Waals surface area contributed by atoms with Gasteiger partial charge in [0.1, 0.15) is 6.61 Å². The Hall–Kier alpha value is -2.29. The second kappa shape index (κ2) is 8.00. The molecule has 1 amide bonds. The molecule has 3 heteroatoms. The summed E-state index contributed by atoms with van der Waals surface area (Å²) in [6, 6.07) is 16.7. The average Bonchev–Trinajstić information content (AvgIpc) is 2.62. The number of carbonyl (C=O) groups excluding carboxylic acids is 1. The van der Waals surface area contributed by atoms with E-state index in [1.807, 2.05) is 30.3 Å². The van der Waals surface area contributed by atoms with E-state index in [0.717, 1.165) is 24.0 Å². The van der Waals surface area contributed by atoms with E-state index in [1.165, 1.54) is 30.4 Å². The zero-order valence-electron chi connectivity index (χ0n) is 14.3. The Bertz CT molecular complexity index is 675. The molecule has 1 aliphatic carbocycles. The number of nitrogens with one attached hydrogen (secondary N) is 1. The van der Waals surface area contributed by atoms with Crippen LogP contribution in [-0.4, -0.2) is 12.1 Å². The first-order valence-electron chi connectivity index (χ1n) is 8.81. The van der Waals surface area contributed by atoms with Crippen LogP contribution in [0.4, 0.5) is 4.79 Å². The molecular weight excluding hydrogens is 298 g/mol. The van der Waals surface area contributed by atoms with Crippen molar-refractivity contribution in [3.05, 3.63) is 59.7 Å². The lowest BCUT2D eigenvalue weighted by molar-refractivity contribution is 0.133. The van der Waals surface area contributed by atoms with Crippen molar-refractivity contribution in [2.75, 3.05) is 0 Å². The highest BCUT2D eigenvalue weighted by atomic mass is 16.5. The molecule has 0 bridgehead atoms. The van der Waals surface area contributed by atoms with Gasteiger partial charge in [0.25, 0.3) is 0 Å². The van der Waals surface area contributed by atoms with E-state index < -0.39 is 0 Å². The van der Waals surface area contributed by atoms with Crippen molar-refractivity contribution >= 4 is 6.09 Å². The summed E-state index contributed by atoms with van der Waals surface area (Å²) in [5.74, 6) is 0. The average molecular weight is 323 g/mol. The van der Waals surface area contributed by atoms with Crippen LogP contribution in [0.1, 0.15) is 43.2 Å². The lowest BCUT2D eigenvalue weighted by Crippen LogP contribution is -2.36. The standard InChI is InChI=1S/C21H25NO2/c1-16-18(11-8-14-20(16)17-9-4-2-5-10-17)15-24-21(23)22-19-12-6-3-7-13-19/h2,4-5,8-11,14,19H,3,6-7,12-13,15H2,1H3,(H,22,23). The van der Waals surface area contributed by atoms with Crippen LogP contribution >= 0.6 is 0 Å². The number of alkyl carbamates (subject to hydrolysis) is 1. The third-order valence-electron chi connectivity index (χ3n) is 4.82. The fourth-order valence-corrected chi connectivity index (χ4v) is 3.37. The van der Waals surface area contributed by atoms with Crippen molar-refractivity contribution in [2.24, 2.45) is 0 Å². The number of ether oxygens (including phenoxy) is 1. The van der Waals surface area contributed by atoms with Crippen LogP contribution in [0, 0.1) is 6.92 Å². The first-order valence-corrected chi connectivity index (χ1v) is 8.81. The molecule has 1 N–H and O–H groups in total. The summed E-state index contributed by atoms with van der Waals surface area (Å²) in [5, 5.41) is 2.99. The summed E-state index contributed by atoms with van der Waals surface area (Å²) in [4.78, 5) is 12.0. The van der Waals surface area contributed by atoms with Gasteiger partial charge in [0.2, 0.25) is 0 Å². The second-order valence-electron chi connectivity index (χ2n) is 6.51. The second-order valence-corrected chi connectivity index (χ2v) is 6.51. The summed E-state index contributed by atoms with van der Waals surface area (Å²) in [6.45, 7) is 2.39. The first kappa shape index (κ1) is 16.6. The smallest absolute Gasteiger partial charge is 0.407 e. The summed E-state index contributed by atoms with van der Waals surface area (Å²) < 4.78 is 5.45. The fourth-order valence-electron chi connectivity index (χ4n) is 3.37. The normalized spacial score (nSPS) is 15.0. The Kier molecular flexibility index (Phi) is 5.52. The zero-order chi connectivity index (χ0) is 16.8. The van der Waals surface area contributed by atoms with Crippen molar-refractivity contribution in [2.45, 2.75) is 51.7 Å². The fraction of sp³-hybridized carbons (Fsp3) is 0.381. The van der Waals surface area contributed by atoms with Gasteiger partial charge in [-0.3, -0.25) is 0 Å². The van der Waals surface area contributed by atoms with Gasteiger partial charge >= 0.3 is 6.09 Å². The lowest BCUT2D eigenvalue weighted by atomic mass is 9.96. The third kappa shape index (κ3) is 4.16. The van der Waals surface area contributed by atoms with Gasteiger partial charge in [-0.25, -0.2) is 4.79 Å². The van der Waals surface area contributed by atoms with Crippen LogP contribution < -0.4 is 5.32 Å². The monoisotopic (exact) mass is 323 g/mol. The van der Waals surface area contributed by atoms with Crippen LogP contribution in [-0.2, 0) is 11.3 Å². The van der Waals surface area contributed by atoms with E-state index >= 15 is 0 Å². The Morgan fingerprint density at radius 3 is 2.54 bits per heavy atom. The highest BCUT2D eigenvalue weighted by molar-refractivity contribution is 5.69. The highest BCUT2D eigenvalue weighted by Crippen LogP contribution is 2.26. The molecule has 3 rings (SSSR count). The summed E-state index contributed by atoms with van der Waals surface area (Å²) in [6.07, 6.45) is 5.51. The molecule has 1 saturated carbocycles. The van der Waals surface area contributed by atoms with E-state index in [2.05, 4.69) is 30.4 Å². The van der Waals surface area contributed by atoms with E-state index in [4.69, 9.17) is 4.74 Å². The molecule has 0 unspecified atom stereocenters. The maximum absolute atomic E-state index is 12.0. The Balaban J connectivity index is 1.62. The van der Waals surface area contributed by atoms with Crippen LogP contribution in [0.2, 0.25) is 0 Å². The van der Waals surface area contributed by atoms with Gasteiger partial charge in [-0.05, 0) is 42.0 Å². The maximum Gasteiger partial charge on any atom is 0.407 e. The molecule has 2 aromatic rings. The highest BCUT2D eigenvalue weighted by Gasteiger charge is 2.16.